The third kappa shape index (κ3) is 13.8. The van der Waals surface area contributed by atoms with E-state index < -0.39 is 139 Å². The lowest BCUT2D eigenvalue weighted by molar-refractivity contribution is -0.368. The maximum Gasteiger partial charge on any atom is 0.311 e. The van der Waals surface area contributed by atoms with Crippen LogP contribution in [0.1, 0.15) is 112 Å². The van der Waals surface area contributed by atoms with E-state index in [1.807, 2.05) is 93.5 Å². The van der Waals surface area contributed by atoms with Crippen molar-refractivity contribution in [1.82, 2.24) is 4.90 Å². The van der Waals surface area contributed by atoms with Crippen LogP contribution in [-0.4, -0.2) is 192 Å². The molecule has 5 aliphatic rings. The van der Waals surface area contributed by atoms with Gasteiger partial charge in [0.1, 0.15) is 36.1 Å². The van der Waals surface area contributed by atoms with Crippen molar-refractivity contribution >= 4 is 11.7 Å². The van der Waals surface area contributed by atoms with Crippen LogP contribution in [0.3, 0.4) is 0 Å². The third-order valence-electron chi connectivity index (χ3n) is 17.0. The first kappa shape index (κ1) is 62.3. The zero-order valence-corrected chi connectivity index (χ0v) is 48.1. The summed E-state index contributed by atoms with van der Waals surface area (Å²) in [7, 11) is 6.72. The smallest absolute Gasteiger partial charge is 0.311 e. The molecule has 0 radical (unpaired) electrons. The number of rotatable bonds is 14. The molecule has 0 aromatic heterocycles. The van der Waals surface area contributed by atoms with E-state index in [0.717, 1.165) is 11.1 Å². The van der Waals surface area contributed by atoms with Gasteiger partial charge in [-0.25, -0.2) is 0 Å². The Kier molecular flexibility index (Phi) is 21.0. The van der Waals surface area contributed by atoms with Gasteiger partial charge in [0, 0.05) is 50.0 Å². The fraction of sp³-hybridized carbons (Fsp3) is 0.759. The zero-order chi connectivity index (χ0) is 57.0. The van der Waals surface area contributed by atoms with Gasteiger partial charge >= 0.3 is 5.97 Å². The highest BCUT2D eigenvalue weighted by Crippen LogP contribution is 2.43. The van der Waals surface area contributed by atoms with Crippen LogP contribution < -0.4 is 0 Å². The van der Waals surface area contributed by atoms with Crippen molar-refractivity contribution in [3.8, 4) is 0 Å². The average Bonchev–Trinajstić information content (AvgIpc) is 3.42. The number of aliphatic hydroxyl groups excluding tert-OH is 3. The molecular weight excluding hydrogens is 1010 g/mol. The Bertz CT molecular complexity index is 2220. The van der Waals surface area contributed by atoms with Crippen LogP contribution in [0.4, 0.5) is 0 Å². The lowest BCUT2D eigenvalue weighted by Gasteiger charge is -2.49. The Morgan fingerprint density at radius 3 is 2.08 bits per heavy atom. The van der Waals surface area contributed by atoms with E-state index in [-0.39, 0.29) is 50.3 Å². The van der Waals surface area contributed by atoms with Crippen molar-refractivity contribution in [1.29, 1.82) is 0 Å². The summed E-state index contributed by atoms with van der Waals surface area (Å²) in [4.78, 5) is 23.5. The standard InChI is InChI=1S/C58H90N2O18/c1-15-41-58(10,66)49(62)33(4)43(59-78-47-46-40(30-70-53(76-46)38-24-20-17-21-25-38)73-55(67-13)48(47)69-29-37-22-18-16-19-23-37)31(2)27-56(8,65)51(77-54-44(61)39(60(11)12)26-32(3)71-54)34(5)45(35(6)52(64)74-41)75-42-28-57(9,68-14)50(63)36(7)72-42/h16-25,31-36,39-42,44-51,53-55,61-63,65-66H,15,26-30H2,1-14H3/b59-43+/t31-,32-,33+,34+,35-,36+,39+,40-,41+,42+,44-,45+,46-,47-,48-,49-,50+,51-,53-,54+,55-,56-,57-,58-/m1/s1. The Hall–Kier alpha value is -3.26. The molecule has 0 spiro atoms. The van der Waals surface area contributed by atoms with Gasteiger partial charge in [-0.05, 0) is 80.5 Å². The Morgan fingerprint density at radius 2 is 1.45 bits per heavy atom. The van der Waals surface area contributed by atoms with Crippen LogP contribution in [0.2, 0.25) is 0 Å². The predicted molar refractivity (Wildman–Crippen MR) is 284 cm³/mol. The van der Waals surface area contributed by atoms with Gasteiger partial charge in [-0.1, -0.05) is 93.5 Å². The van der Waals surface area contributed by atoms with Gasteiger partial charge < -0.3 is 87.4 Å². The number of likely N-dealkylation sites (N-methyl/N-ethyl adjacent to an activating group) is 1. The normalized spacial score (nSPS) is 44.8. The molecule has 0 aliphatic carbocycles. The number of fused-ring (bicyclic) bond motifs is 1. The number of aliphatic hydroxyl groups is 5. The first-order valence-electron chi connectivity index (χ1n) is 27.8. The second-order valence-corrected chi connectivity index (χ2v) is 23.4. The number of benzene rings is 2. The molecule has 0 amide bonds. The molecule has 0 unspecified atom stereocenters. The Morgan fingerprint density at radius 1 is 0.782 bits per heavy atom. The molecule has 5 saturated heterocycles. The summed E-state index contributed by atoms with van der Waals surface area (Å²) in [6.45, 7) is 17.2. The molecule has 5 N–H and O–H groups in total. The van der Waals surface area contributed by atoms with Crippen LogP contribution >= 0.6 is 0 Å². The molecule has 5 heterocycles. The quantitative estimate of drug-likeness (QED) is 0.123. The monoisotopic (exact) mass is 1100 g/mol. The summed E-state index contributed by atoms with van der Waals surface area (Å²) in [6, 6.07) is 18.7. The van der Waals surface area contributed by atoms with Crippen molar-refractivity contribution in [2.75, 3.05) is 34.9 Å². The SMILES string of the molecule is CC[C@@H]1OC(=O)[C@H](C)[C@@H](O[C@H]2C[C@@](C)(OC)[C@@H](O)[C@H](C)O2)[C@H](C)[C@@H](O[C@@H]2O[C@H](C)C[C@H](N(C)C)[C@H]2O)[C@](C)(O)C[C@@H](C)/C(=N\O[C@H]2[C@@H](OCc3ccccc3)[C@H](OC)O[C@@H]3CO[C@@H](c4ccccc4)O[C@@H]23)[C@H](C)[C@@H](O)[C@]1(C)O. The molecule has 20 nitrogen and oxygen atoms in total. The summed E-state index contributed by atoms with van der Waals surface area (Å²) in [5, 5.41) is 66.5. The molecule has 2 aromatic carbocycles. The second-order valence-electron chi connectivity index (χ2n) is 23.4. The van der Waals surface area contributed by atoms with E-state index >= 15 is 0 Å². The van der Waals surface area contributed by atoms with Gasteiger partial charge in [-0.3, -0.25) is 4.79 Å². The summed E-state index contributed by atoms with van der Waals surface area (Å²) < 4.78 is 70.4. The molecule has 24 atom stereocenters. The minimum Gasteiger partial charge on any atom is -0.459 e. The number of ether oxygens (including phenoxy) is 11. The van der Waals surface area contributed by atoms with E-state index in [2.05, 4.69) is 0 Å². The van der Waals surface area contributed by atoms with Crippen molar-refractivity contribution in [2.45, 2.75) is 223 Å². The highest BCUT2D eigenvalue weighted by molar-refractivity contribution is 5.88. The number of oxime groups is 1. The lowest BCUT2D eigenvalue weighted by Crippen LogP contribution is -2.63. The van der Waals surface area contributed by atoms with Gasteiger partial charge in [0.2, 0.25) is 0 Å². The molecule has 2 aromatic rings. The topological polar surface area (TPSA) is 245 Å². The highest BCUT2D eigenvalue weighted by Gasteiger charge is 2.56. The van der Waals surface area contributed by atoms with Crippen molar-refractivity contribution in [3.63, 3.8) is 0 Å². The van der Waals surface area contributed by atoms with Gasteiger partial charge in [0.25, 0.3) is 0 Å². The second kappa shape index (κ2) is 26.3. The van der Waals surface area contributed by atoms with E-state index in [1.165, 1.54) is 21.1 Å². The van der Waals surface area contributed by atoms with Crippen LogP contribution in [0, 0.1) is 23.7 Å². The molecule has 0 saturated carbocycles. The number of hydrogen-bond donors (Lipinski definition) is 5. The van der Waals surface area contributed by atoms with E-state index in [0.29, 0.717) is 6.42 Å². The maximum atomic E-state index is 14.8. The van der Waals surface area contributed by atoms with E-state index in [1.54, 1.807) is 48.5 Å². The van der Waals surface area contributed by atoms with E-state index in [9.17, 15) is 30.3 Å². The molecule has 440 valence electrons. The third-order valence-corrected chi connectivity index (χ3v) is 17.0. The molecular formula is C58H90N2O18. The molecule has 78 heavy (non-hydrogen) atoms. The number of carbonyl (C=O) groups excluding carboxylic acids is 1. The van der Waals surface area contributed by atoms with Gasteiger partial charge in [0.15, 0.2) is 37.4 Å². The molecule has 7 rings (SSSR count). The van der Waals surface area contributed by atoms with Crippen LogP contribution in [-0.2, 0) is 68.3 Å². The number of nitrogens with zero attached hydrogens (tertiary/aromatic N) is 2. The van der Waals surface area contributed by atoms with E-state index in [4.69, 9.17) is 62.1 Å². The number of cyclic esters (lactones) is 1. The average molecular weight is 1100 g/mol. The number of hydrogen-bond acceptors (Lipinski definition) is 20. The minimum absolute atomic E-state index is 0.0601. The van der Waals surface area contributed by atoms with Crippen molar-refractivity contribution < 1.29 is 87.3 Å². The zero-order valence-electron chi connectivity index (χ0n) is 48.1. The maximum absolute atomic E-state index is 14.8. The molecule has 5 aliphatic heterocycles. The summed E-state index contributed by atoms with van der Waals surface area (Å²) in [5.74, 6) is -4.62. The largest absolute Gasteiger partial charge is 0.459 e. The molecule has 0 bridgehead atoms. The van der Waals surface area contributed by atoms with Gasteiger partial charge in [-0.15, -0.1) is 0 Å². The first-order chi connectivity index (χ1) is 36.8. The van der Waals surface area contributed by atoms with Crippen LogP contribution in [0.15, 0.2) is 65.8 Å². The number of esters is 1. The molecule has 5 fully saturated rings. The van der Waals surface area contributed by atoms with Crippen LogP contribution in [0.5, 0.6) is 0 Å². The Balaban J connectivity index is 1.33. The van der Waals surface area contributed by atoms with Crippen molar-refractivity contribution in [3.05, 3.63) is 71.8 Å². The molecule has 20 heteroatoms. The van der Waals surface area contributed by atoms with Gasteiger partial charge in [0.05, 0.1) is 66.6 Å². The van der Waals surface area contributed by atoms with Crippen molar-refractivity contribution in [2.24, 2.45) is 28.8 Å². The number of carbonyl (C=O) groups is 1. The minimum atomic E-state index is -2.09. The lowest BCUT2D eigenvalue weighted by atomic mass is 9.73. The summed E-state index contributed by atoms with van der Waals surface area (Å²) in [6.07, 6.45) is -15.7. The predicted octanol–water partition coefficient (Wildman–Crippen LogP) is 5.03. The van der Waals surface area contributed by atoms with Crippen LogP contribution in [0.25, 0.3) is 0 Å². The number of methoxy groups -OCH3 is 2. The fourth-order valence-corrected chi connectivity index (χ4v) is 12.3. The summed E-state index contributed by atoms with van der Waals surface area (Å²) >= 11 is 0. The Labute approximate surface area is 460 Å². The van der Waals surface area contributed by atoms with Gasteiger partial charge in [-0.2, -0.15) is 0 Å². The fourth-order valence-electron chi connectivity index (χ4n) is 12.3. The highest BCUT2D eigenvalue weighted by atomic mass is 16.8. The summed E-state index contributed by atoms with van der Waals surface area (Å²) in [5.41, 5.74) is -3.22. The first-order valence-corrected chi connectivity index (χ1v) is 27.8.